The Labute approximate surface area is 287 Å². The maximum absolute atomic E-state index is 6.31. The van der Waals surface area contributed by atoms with Gasteiger partial charge in [-0.25, -0.2) is 15.0 Å². The van der Waals surface area contributed by atoms with Crippen molar-refractivity contribution in [2.75, 3.05) is 0 Å². The molecule has 0 atom stereocenters. The van der Waals surface area contributed by atoms with Crippen LogP contribution in [0.2, 0.25) is 0 Å². The van der Waals surface area contributed by atoms with E-state index in [1.807, 2.05) is 72.8 Å². The Balaban J connectivity index is 1.17. The van der Waals surface area contributed by atoms with Gasteiger partial charge < -0.3 is 8.98 Å². The van der Waals surface area contributed by atoms with E-state index in [-0.39, 0.29) is 0 Å². The van der Waals surface area contributed by atoms with Gasteiger partial charge in [0.2, 0.25) is 0 Å². The molecule has 0 aliphatic carbocycles. The Morgan fingerprint density at radius 3 is 1.60 bits per heavy atom. The van der Waals surface area contributed by atoms with E-state index in [1.54, 1.807) is 0 Å². The molecule has 0 saturated carbocycles. The number of para-hydroxylation sites is 3. The van der Waals surface area contributed by atoms with Crippen molar-refractivity contribution in [1.82, 2.24) is 19.5 Å². The lowest BCUT2D eigenvalue weighted by Gasteiger charge is -2.13. The standard InChI is InChI=1S/C45H28N4O/c1-3-13-29(14-4-1)43-46-44(30-15-5-2-6-16-30)48-45(47-43)31-25-27-32(28-26-31)49-38-22-9-7-17-33(38)35-20-11-21-36(42(35)49)34-19-12-24-40-41(34)37-18-8-10-23-39(37)50-40/h1-28H. The highest BCUT2D eigenvalue weighted by Crippen LogP contribution is 2.42. The molecule has 234 valence electrons. The summed E-state index contributed by atoms with van der Waals surface area (Å²) in [7, 11) is 0. The van der Waals surface area contributed by atoms with Gasteiger partial charge in [0.1, 0.15) is 11.2 Å². The van der Waals surface area contributed by atoms with Gasteiger partial charge in [0.25, 0.3) is 0 Å². The van der Waals surface area contributed by atoms with Crippen LogP contribution in [0, 0.1) is 0 Å². The van der Waals surface area contributed by atoms with Crippen LogP contribution in [-0.2, 0) is 0 Å². The van der Waals surface area contributed by atoms with Crippen molar-refractivity contribution in [1.29, 1.82) is 0 Å². The largest absolute Gasteiger partial charge is 0.456 e. The van der Waals surface area contributed by atoms with Crippen molar-refractivity contribution in [2.45, 2.75) is 0 Å². The zero-order valence-corrected chi connectivity index (χ0v) is 26.9. The summed E-state index contributed by atoms with van der Waals surface area (Å²) in [5, 5.41) is 4.64. The number of fused-ring (bicyclic) bond motifs is 6. The molecule has 3 heterocycles. The van der Waals surface area contributed by atoms with Crippen LogP contribution in [0.3, 0.4) is 0 Å². The van der Waals surface area contributed by atoms with Crippen molar-refractivity contribution in [3.63, 3.8) is 0 Å². The summed E-state index contributed by atoms with van der Waals surface area (Å²) in [6, 6.07) is 58.6. The minimum Gasteiger partial charge on any atom is -0.456 e. The van der Waals surface area contributed by atoms with Gasteiger partial charge in [-0.15, -0.1) is 0 Å². The lowest BCUT2D eigenvalue weighted by Crippen LogP contribution is -2.00. The Morgan fingerprint density at radius 1 is 0.380 bits per heavy atom. The fraction of sp³-hybridized carbons (Fsp3) is 0. The van der Waals surface area contributed by atoms with E-state index < -0.39 is 0 Å². The quantitative estimate of drug-likeness (QED) is 0.188. The zero-order chi connectivity index (χ0) is 33.0. The number of rotatable bonds is 5. The van der Waals surface area contributed by atoms with Crippen molar-refractivity contribution in [2.24, 2.45) is 0 Å². The van der Waals surface area contributed by atoms with Crippen LogP contribution in [0.5, 0.6) is 0 Å². The second kappa shape index (κ2) is 11.4. The average molecular weight is 641 g/mol. The topological polar surface area (TPSA) is 56.7 Å². The van der Waals surface area contributed by atoms with Crippen LogP contribution >= 0.6 is 0 Å². The number of nitrogens with zero attached hydrogens (tertiary/aromatic N) is 4. The third-order valence-electron chi connectivity index (χ3n) is 9.47. The SMILES string of the molecule is c1ccc(-c2nc(-c3ccccc3)nc(-c3ccc(-n4c5ccccc5c5cccc(-c6cccc7oc8ccccc8c67)c54)cc3)n2)cc1. The normalized spacial score (nSPS) is 11.6. The Bertz CT molecular complexity index is 2800. The maximum atomic E-state index is 6.31. The highest BCUT2D eigenvalue weighted by Gasteiger charge is 2.20. The van der Waals surface area contributed by atoms with E-state index in [0.717, 1.165) is 66.5 Å². The summed E-state index contributed by atoms with van der Waals surface area (Å²) in [4.78, 5) is 14.8. The second-order valence-electron chi connectivity index (χ2n) is 12.4. The summed E-state index contributed by atoms with van der Waals surface area (Å²) >= 11 is 0. The van der Waals surface area contributed by atoms with Gasteiger partial charge in [0.05, 0.1) is 11.0 Å². The smallest absolute Gasteiger partial charge is 0.164 e. The third-order valence-corrected chi connectivity index (χ3v) is 9.47. The highest BCUT2D eigenvalue weighted by molar-refractivity contribution is 6.19. The fourth-order valence-corrected chi connectivity index (χ4v) is 7.20. The molecule has 50 heavy (non-hydrogen) atoms. The monoisotopic (exact) mass is 640 g/mol. The number of benzene rings is 7. The molecular weight excluding hydrogens is 613 g/mol. The minimum atomic E-state index is 0.630. The highest BCUT2D eigenvalue weighted by atomic mass is 16.3. The first kappa shape index (κ1) is 28.2. The predicted octanol–water partition coefficient (Wildman–Crippen LogP) is 11.5. The molecule has 5 heteroatoms. The lowest BCUT2D eigenvalue weighted by molar-refractivity contribution is 0.669. The molecule has 3 aromatic heterocycles. The van der Waals surface area contributed by atoms with Crippen LogP contribution in [0.4, 0.5) is 0 Å². The molecule has 0 aliphatic rings. The molecule has 0 amide bonds. The van der Waals surface area contributed by atoms with Crippen molar-refractivity contribution in [3.05, 3.63) is 170 Å². The first-order chi connectivity index (χ1) is 24.8. The van der Waals surface area contributed by atoms with Crippen LogP contribution in [0.25, 0.3) is 94.7 Å². The van der Waals surface area contributed by atoms with E-state index in [1.165, 1.54) is 10.8 Å². The van der Waals surface area contributed by atoms with Gasteiger partial charge >= 0.3 is 0 Å². The third kappa shape index (κ3) is 4.52. The molecule has 0 unspecified atom stereocenters. The molecule has 7 aromatic carbocycles. The predicted molar refractivity (Wildman–Crippen MR) is 203 cm³/mol. The number of hydrogen-bond acceptors (Lipinski definition) is 4. The van der Waals surface area contributed by atoms with E-state index in [0.29, 0.717) is 17.5 Å². The minimum absolute atomic E-state index is 0.630. The average Bonchev–Trinajstić information content (AvgIpc) is 3.75. The second-order valence-corrected chi connectivity index (χ2v) is 12.4. The molecule has 10 aromatic rings. The zero-order valence-electron chi connectivity index (χ0n) is 26.9. The molecule has 0 aliphatic heterocycles. The number of hydrogen-bond donors (Lipinski definition) is 0. The molecule has 0 radical (unpaired) electrons. The van der Waals surface area contributed by atoms with Gasteiger partial charge in [-0.05, 0) is 48.0 Å². The van der Waals surface area contributed by atoms with Gasteiger partial charge in [-0.1, -0.05) is 127 Å². The van der Waals surface area contributed by atoms with Gasteiger partial charge in [-0.2, -0.15) is 0 Å². The van der Waals surface area contributed by atoms with E-state index in [2.05, 4.69) is 102 Å². The number of furan rings is 1. The molecule has 10 rings (SSSR count). The molecule has 0 fully saturated rings. The summed E-state index contributed by atoms with van der Waals surface area (Å²) in [6.45, 7) is 0. The molecule has 0 saturated heterocycles. The summed E-state index contributed by atoms with van der Waals surface area (Å²) in [6.07, 6.45) is 0. The van der Waals surface area contributed by atoms with Crippen molar-refractivity contribution < 1.29 is 4.42 Å². The summed E-state index contributed by atoms with van der Waals surface area (Å²) in [5.41, 5.74) is 10.2. The Morgan fingerprint density at radius 2 is 0.900 bits per heavy atom. The maximum Gasteiger partial charge on any atom is 0.164 e. The van der Waals surface area contributed by atoms with Crippen LogP contribution < -0.4 is 0 Å². The van der Waals surface area contributed by atoms with E-state index in [4.69, 9.17) is 19.4 Å². The molecular formula is C45H28N4O. The van der Waals surface area contributed by atoms with Gasteiger partial charge in [0.15, 0.2) is 17.5 Å². The number of aromatic nitrogens is 4. The van der Waals surface area contributed by atoms with Gasteiger partial charge in [0, 0.05) is 49.5 Å². The first-order valence-corrected chi connectivity index (χ1v) is 16.7. The van der Waals surface area contributed by atoms with Crippen LogP contribution in [-0.4, -0.2) is 19.5 Å². The van der Waals surface area contributed by atoms with Crippen molar-refractivity contribution in [3.8, 4) is 51.0 Å². The van der Waals surface area contributed by atoms with E-state index in [9.17, 15) is 0 Å². The van der Waals surface area contributed by atoms with Crippen LogP contribution in [0.1, 0.15) is 0 Å². The summed E-state index contributed by atoms with van der Waals surface area (Å²) in [5.74, 6) is 1.92. The molecule has 0 bridgehead atoms. The molecule has 0 spiro atoms. The first-order valence-electron chi connectivity index (χ1n) is 16.7. The lowest BCUT2D eigenvalue weighted by atomic mass is 9.97. The van der Waals surface area contributed by atoms with Crippen LogP contribution in [0.15, 0.2) is 174 Å². The Kier molecular flexibility index (Phi) is 6.42. The van der Waals surface area contributed by atoms with Crippen molar-refractivity contribution >= 4 is 43.7 Å². The Hall–Kier alpha value is -6.85. The molecule has 0 N–H and O–H groups in total. The van der Waals surface area contributed by atoms with Gasteiger partial charge in [-0.3, -0.25) is 0 Å². The van der Waals surface area contributed by atoms with E-state index >= 15 is 0 Å². The molecule has 5 nitrogen and oxygen atoms in total. The fourth-order valence-electron chi connectivity index (χ4n) is 7.20. The summed E-state index contributed by atoms with van der Waals surface area (Å²) < 4.78 is 8.68.